The number of halogens is 2. The maximum atomic E-state index is 12.2. The van der Waals surface area contributed by atoms with E-state index in [1.54, 1.807) is 24.3 Å². The van der Waals surface area contributed by atoms with Crippen molar-refractivity contribution in [3.05, 3.63) is 51.8 Å². The number of hydrogen-bond donors (Lipinski definition) is 2. The van der Waals surface area contributed by atoms with E-state index in [1.165, 1.54) is 18.0 Å². The highest BCUT2D eigenvalue weighted by Gasteiger charge is 2.15. The molecule has 0 aliphatic heterocycles. The third-order valence-electron chi connectivity index (χ3n) is 2.77. The van der Waals surface area contributed by atoms with Gasteiger partial charge in [0.2, 0.25) is 0 Å². The van der Waals surface area contributed by atoms with Gasteiger partial charge in [0.15, 0.2) is 10.9 Å². The van der Waals surface area contributed by atoms with Gasteiger partial charge in [-0.3, -0.25) is 20.4 Å². The van der Waals surface area contributed by atoms with Crippen molar-refractivity contribution in [2.75, 3.05) is 5.75 Å². The number of thioether (sulfide) groups is 1. The summed E-state index contributed by atoms with van der Waals surface area (Å²) >= 11 is 13.1. The van der Waals surface area contributed by atoms with Crippen LogP contribution in [-0.2, 0) is 0 Å². The number of carbonyl (C=O) groups excluding carboxylic acids is 2. The predicted molar refractivity (Wildman–Crippen MR) is 94.4 cm³/mol. The Hall–Kier alpha value is -1.83. The van der Waals surface area contributed by atoms with E-state index in [0.29, 0.717) is 15.7 Å². The molecule has 2 amide bonds. The first-order valence-corrected chi connectivity index (χ1v) is 8.77. The van der Waals surface area contributed by atoms with Gasteiger partial charge in [-0.1, -0.05) is 41.9 Å². The minimum atomic E-state index is -0.622. The van der Waals surface area contributed by atoms with Crippen LogP contribution in [0.5, 0.6) is 0 Å². The number of hydrogen-bond acceptors (Lipinski definition) is 5. The van der Waals surface area contributed by atoms with Gasteiger partial charge >= 0.3 is 0 Å². The summed E-state index contributed by atoms with van der Waals surface area (Å²) in [5, 5.41) is 1.07. The van der Waals surface area contributed by atoms with Gasteiger partial charge in [-0.15, -0.1) is 0 Å². The molecule has 2 aromatic rings. The highest BCUT2D eigenvalue weighted by atomic mass is 35.5. The van der Waals surface area contributed by atoms with Gasteiger partial charge in [0.25, 0.3) is 11.8 Å². The van der Waals surface area contributed by atoms with E-state index in [0.717, 1.165) is 12.2 Å². The molecule has 24 heavy (non-hydrogen) atoms. The molecule has 0 bridgehead atoms. The molecule has 1 aromatic carbocycles. The zero-order chi connectivity index (χ0) is 17.5. The SMILES string of the molecule is CCCSc1ncc(Cl)c(C(=O)NNC(=O)c2ccc(Cl)cc2)n1. The van der Waals surface area contributed by atoms with Crippen molar-refractivity contribution in [2.24, 2.45) is 0 Å². The van der Waals surface area contributed by atoms with Gasteiger partial charge in [0.05, 0.1) is 11.2 Å². The van der Waals surface area contributed by atoms with Crippen molar-refractivity contribution >= 4 is 46.8 Å². The Balaban J connectivity index is 2.01. The minimum absolute atomic E-state index is 0.00155. The molecule has 6 nitrogen and oxygen atoms in total. The van der Waals surface area contributed by atoms with Gasteiger partial charge in [0, 0.05) is 16.3 Å². The van der Waals surface area contributed by atoms with Crippen LogP contribution in [0.15, 0.2) is 35.6 Å². The van der Waals surface area contributed by atoms with Gasteiger partial charge in [-0.05, 0) is 30.7 Å². The lowest BCUT2D eigenvalue weighted by Crippen LogP contribution is -2.42. The largest absolute Gasteiger partial charge is 0.289 e. The minimum Gasteiger partial charge on any atom is -0.267 e. The van der Waals surface area contributed by atoms with Crippen molar-refractivity contribution < 1.29 is 9.59 Å². The molecule has 0 aliphatic rings. The van der Waals surface area contributed by atoms with Crippen LogP contribution in [0.3, 0.4) is 0 Å². The summed E-state index contributed by atoms with van der Waals surface area (Å²) in [6.07, 6.45) is 2.32. The summed E-state index contributed by atoms with van der Waals surface area (Å²) in [7, 11) is 0. The third kappa shape index (κ3) is 5.09. The van der Waals surface area contributed by atoms with Crippen LogP contribution >= 0.6 is 35.0 Å². The maximum absolute atomic E-state index is 12.2. The van der Waals surface area contributed by atoms with Crippen molar-refractivity contribution in [3.63, 3.8) is 0 Å². The number of nitrogens with one attached hydrogen (secondary N) is 2. The van der Waals surface area contributed by atoms with Gasteiger partial charge in [0.1, 0.15) is 0 Å². The average molecular weight is 385 g/mol. The second kappa shape index (κ2) is 8.86. The van der Waals surface area contributed by atoms with Crippen molar-refractivity contribution in [1.82, 2.24) is 20.8 Å². The van der Waals surface area contributed by atoms with Crippen LogP contribution in [0.25, 0.3) is 0 Å². The number of hydrazine groups is 1. The fourth-order valence-corrected chi connectivity index (χ4v) is 2.59. The second-order valence-electron chi connectivity index (χ2n) is 4.61. The number of amides is 2. The van der Waals surface area contributed by atoms with E-state index in [1.807, 2.05) is 6.92 Å². The standard InChI is InChI=1S/C15H14Cl2N4O2S/c1-2-7-24-15-18-8-11(17)12(19-15)14(23)21-20-13(22)9-3-5-10(16)6-4-9/h3-6,8H,2,7H2,1H3,(H,20,22)(H,21,23). The Morgan fingerprint density at radius 2 is 1.79 bits per heavy atom. The van der Waals surface area contributed by atoms with Crippen molar-refractivity contribution in [2.45, 2.75) is 18.5 Å². The predicted octanol–water partition coefficient (Wildman–Crippen LogP) is 3.36. The molecule has 0 saturated carbocycles. The first kappa shape index (κ1) is 18.5. The van der Waals surface area contributed by atoms with Gasteiger partial charge < -0.3 is 0 Å². The molecule has 1 aromatic heterocycles. The molecular formula is C15H14Cl2N4O2S. The highest BCUT2D eigenvalue weighted by molar-refractivity contribution is 7.99. The summed E-state index contributed by atoms with van der Waals surface area (Å²) in [4.78, 5) is 32.3. The van der Waals surface area contributed by atoms with Gasteiger partial charge in [-0.2, -0.15) is 0 Å². The quantitative estimate of drug-likeness (QED) is 0.469. The molecule has 0 saturated heterocycles. The molecular weight excluding hydrogens is 371 g/mol. The summed E-state index contributed by atoms with van der Waals surface area (Å²) in [5.41, 5.74) is 4.94. The van der Waals surface area contributed by atoms with Crippen LogP contribution in [0.4, 0.5) is 0 Å². The monoisotopic (exact) mass is 384 g/mol. The number of carbonyl (C=O) groups is 2. The Kier molecular flexibility index (Phi) is 6.84. The third-order valence-corrected chi connectivity index (χ3v) is 4.36. The lowest BCUT2D eigenvalue weighted by atomic mass is 10.2. The van der Waals surface area contributed by atoms with Crippen LogP contribution in [0, 0.1) is 0 Å². The van der Waals surface area contributed by atoms with Crippen LogP contribution in [0.2, 0.25) is 10.0 Å². The number of rotatable bonds is 5. The Morgan fingerprint density at radius 1 is 1.12 bits per heavy atom. The number of nitrogens with zero attached hydrogens (tertiary/aromatic N) is 2. The zero-order valence-electron chi connectivity index (χ0n) is 12.7. The molecule has 0 radical (unpaired) electrons. The van der Waals surface area contributed by atoms with E-state index in [-0.39, 0.29) is 10.7 Å². The van der Waals surface area contributed by atoms with E-state index in [2.05, 4.69) is 20.8 Å². The summed E-state index contributed by atoms with van der Waals surface area (Å²) in [6, 6.07) is 6.25. The summed E-state index contributed by atoms with van der Waals surface area (Å²) < 4.78 is 0. The van der Waals surface area contributed by atoms with Gasteiger partial charge in [-0.25, -0.2) is 9.97 Å². The van der Waals surface area contributed by atoms with E-state index in [4.69, 9.17) is 23.2 Å². The fourth-order valence-electron chi connectivity index (χ4n) is 1.62. The summed E-state index contributed by atoms with van der Waals surface area (Å²) in [6.45, 7) is 2.03. The van der Waals surface area contributed by atoms with E-state index < -0.39 is 11.8 Å². The molecule has 2 N–H and O–H groups in total. The molecule has 1 heterocycles. The molecule has 0 unspecified atom stereocenters. The van der Waals surface area contributed by atoms with Crippen LogP contribution < -0.4 is 10.9 Å². The Bertz CT molecular complexity index is 741. The molecule has 126 valence electrons. The second-order valence-corrected chi connectivity index (χ2v) is 6.52. The molecule has 0 aliphatic carbocycles. The molecule has 0 fully saturated rings. The Morgan fingerprint density at radius 3 is 2.46 bits per heavy atom. The summed E-state index contributed by atoms with van der Waals surface area (Å²) in [5.74, 6) is -0.274. The maximum Gasteiger partial charge on any atom is 0.289 e. The molecule has 9 heteroatoms. The molecule has 0 atom stereocenters. The smallest absolute Gasteiger partial charge is 0.267 e. The topological polar surface area (TPSA) is 84.0 Å². The Labute approximate surface area is 153 Å². The average Bonchev–Trinajstić information content (AvgIpc) is 2.59. The normalized spacial score (nSPS) is 10.3. The van der Waals surface area contributed by atoms with Crippen LogP contribution in [-0.4, -0.2) is 27.5 Å². The first-order chi connectivity index (χ1) is 11.5. The lowest BCUT2D eigenvalue weighted by Gasteiger charge is -2.08. The van der Waals surface area contributed by atoms with Crippen LogP contribution in [0.1, 0.15) is 34.2 Å². The highest BCUT2D eigenvalue weighted by Crippen LogP contribution is 2.18. The number of benzene rings is 1. The van der Waals surface area contributed by atoms with E-state index >= 15 is 0 Å². The van der Waals surface area contributed by atoms with Crippen molar-refractivity contribution in [3.8, 4) is 0 Å². The molecule has 2 rings (SSSR count). The zero-order valence-corrected chi connectivity index (χ0v) is 15.0. The van der Waals surface area contributed by atoms with E-state index in [9.17, 15) is 9.59 Å². The first-order valence-electron chi connectivity index (χ1n) is 7.03. The lowest BCUT2D eigenvalue weighted by molar-refractivity contribution is 0.0843. The van der Waals surface area contributed by atoms with Crippen molar-refractivity contribution in [1.29, 1.82) is 0 Å². The fraction of sp³-hybridized carbons (Fsp3) is 0.200. The number of aromatic nitrogens is 2. The molecule has 0 spiro atoms.